The van der Waals surface area contributed by atoms with Crippen LogP contribution in [0.25, 0.3) is 0 Å². The van der Waals surface area contributed by atoms with Gasteiger partial charge in [0.25, 0.3) is 0 Å². The molecule has 0 heterocycles. The van der Waals surface area contributed by atoms with Gasteiger partial charge in [0.1, 0.15) is 25.1 Å². The van der Waals surface area contributed by atoms with Crippen molar-refractivity contribution in [1.29, 1.82) is 0 Å². The Hall–Kier alpha value is -1.83. The van der Waals surface area contributed by atoms with Crippen LogP contribution in [0.15, 0.2) is 24.3 Å². The Bertz CT molecular complexity index is 641. The summed E-state index contributed by atoms with van der Waals surface area (Å²) < 4.78 is 21.8. The molecule has 1 rings (SSSR count). The van der Waals surface area contributed by atoms with Crippen molar-refractivity contribution in [2.75, 3.05) is 46.2 Å². The Morgan fingerprint density at radius 3 is 2.24 bits per heavy atom. The molecule has 11 heteroatoms. The summed E-state index contributed by atoms with van der Waals surface area (Å²) in [5, 5.41) is 26.8. The molecule has 11 nitrogen and oxygen atoms in total. The van der Waals surface area contributed by atoms with Crippen LogP contribution in [0.1, 0.15) is 33.3 Å². The van der Waals surface area contributed by atoms with Gasteiger partial charge in [-0.25, -0.2) is 4.84 Å². The lowest BCUT2D eigenvalue weighted by Crippen LogP contribution is -2.45. The van der Waals surface area contributed by atoms with E-state index in [-0.39, 0.29) is 51.0 Å². The van der Waals surface area contributed by atoms with E-state index in [0.717, 1.165) is 5.56 Å². The fraction of sp³-hybridized carbons (Fsp3) is 0.682. The van der Waals surface area contributed by atoms with Crippen molar-refractivity contribution < 1.29 is 44.1 Å². The van der Waals surface area contributed by atoms with Crippen molar-refractivity contribution in [3.63, 3.8) is 0 Å². The van der Waals surface area contributed by atoms with Gasteiger partial charge in [-0.05, 0) is 45.4 Å². The fourth-order valence-electron chi connectivity index (χ4n) is 2.71. The van der Waals surface area contributed by atoms with Gasteiger partial charge in [-0.1, -0.05) is 12.1 Å². The van der Waals surface area contributed by atoms with Crippen molar-refractivity contribution in [2.45, 2.75) is 52.6 Å². The zero-order valence-electron chi connectivity index (χ0n) is 19.9. The molecule has 0 spiro atoms. The lowest BCUT2D eigenvalue weighted by molar-refractivity contribution is -0.493. The minimum absolute atomic E-state index is 0.00623. The van der Waals surface area contributed by atoms with Crippen LogP contribution in [0.2, 0.25) is 0 Å². The first kappa shape index (κ1) is 29.2. The number of hydrogen-bond donors (Lipinski definition) is 3. The van der Waals surface area contributed by atoms with Gasteiger partial charge >= 0.3 is 0 Å². The van der Waals surface area contributed by atoms with Crippen LogP contribution in [0.4, 0.5) is 0 Å². The molecule has 0 saturated carbocycles. The molecule has 0 fully saturated rings. The Morgan fingerprint density at radius 1 is 0.970 bits per heavy atom. The highest BCUT2D eigenvalue weighted by Crippen LogP contribution is 2.14. The van der Waals surface area contributed by atoms with Gasteiger partial charge in [0.05, 0.1) is 51.1 Å². The number of aliphatic hydroxyl groups is 1. The molecule has 1 amide bonds. The summed E-state index contributed by atoms with van der Waals surface area (Å²) in [4.78, 5) is 18.2. The van der Waals surface area contributed by atoms with E-state index >= 15 is 0 Å². The topological polar surface area (TPSA) is 130 Å². The molecule has 33 heavy (non-hydrogen) atoms. The van der Waals surface area contributed by atoms with E-state index in [9.17, 15) is 9.90 Å². The van der Waals surface area contributed by atoms with E-state index in [2.05, 4.69) is 4.84 Å². The number of hydrogen-bond acceptors (Lipinski definition) is 10. The van der Waals surface area contributed by atoms with Crippen LogP contribution in [-0.4, -0.2) is 96.2 Å². The zero-order valence-corrected chi connectivity index (χ0v) is 19.9. The van der Waals surface area contributed by atoms with E-state index in [1.54, 1.807) is 12.1 Å². The predicted octanol–water partition coefficient (Wildman–Crippen LogP) is 1.63. The summed E-state index contributed by atoms with van der Waals surface area (Å²) in [7, 11) is 0. The first-order chi connectivity index (χ1) is 15.7. The van der Waals surface area contributed by atoms with Crippen molar-refractivity contribution in [3.8, 4) is 5.75 Å². The van der Waals surface area contributed by atoms with Crippen LogP contribution < -0.4 is 4.74 Å². The number of carbonyl (C=O) groups is 1. The first-order valence-electron chi connectivity index (χ1n) is 11.0. The number of carbonyl (C=O) groups excluding carboxylic acids is 1. The van der Waals surface area contributed by atoms with E-state index in [4.69, 9.17) is 29.4 Å². The Balaban J connectivity index is 2.34. The molecule has 1 unspecified atom stereocenters. The Labute approximate surface area is 195 Å². The summed E-state index contributed by atoms with van der Waals surface area (Å²) >= 11 is 0. The summed E-state index contributed by atoms with van der Waals surface area (Å²) in [5.74, 6) is 0.297. The maximum Gasteiger partial charge on any atom is 0.248 e. The molecule has 0 aliphatic heterocycles. The lowest BCUT2D eigenvalue weighted by atomic mass is 10.2. The standard InChI is InChI=1S/C22H38N2O9/c1-17(2)23(22(26)16-30-10-12-33-24(27)28)13-20(25)15-32-21-7-5-19(6-8-21)14-29-9-11-31-18(3)4/h5-8,17-18,20,25,27-28H,9-16H2,1-4H3. The number of nitrogens with zero attached hydrogens (tertiary/aromatic N) is 2. The monoisotopic (exact) mass is 474 g/mol. The summed E-state index contributed by atoms with van der Waals surface area (Å²) in [6.07, 6.45) is -0.702. The van der Waals surface area contributed by atoms with E-state index in [1.165, 1.54) is 4.90 Å². The van der Waals surface area contributed by atoms with Crippen molar-refractivity contribution in [2.24, 2.45) is 0 Å². The molecule has 190 valence electrons. The largest absolute Gasteiger partial charge is 0.491 e. The molecule has 0 radical (unpaired) electrons. The molecule has 1 atom stereocenters. The maximum absolute atomic E-state index is 12.4. The molecule has 3 N–H and O–H groups in total. The normalized spacial score (nSPS) is 12.5. The second-order valence-corrected chi connectivity index (χ2v) is 7.86. The molecule has 0 bridgehead atoms. The first-order valence-corrected chi connectivity index (χ1v) is 11.0. The quantitative estimate of drug-likeness (QED) is 0.213. The van der Waals surface area contributed by atoms with E-state index in [1.807, 2.05) is 39.8 Å². The van der Waals surface area contributed by atoms with Gasteiger partial charge in [-0.15, -0.1) is 0 Å². The SMILES string of the molecule is CC(C)OCCOCc1ccc(OCC(O)CN(C(=O)COCCON(O)O)C(C)C)cc1. The molecular weight excluding hydrogens is 436 g/mol. The minimum Gasteiger partial charge on any atom is -0.491 e. The van der Waals surface area contributed by atoms with Gasteiger partial charge in [-0.2, -0.15) is 0 Å². The molecule has 1 aromatic carbocycles. The van der Waals surface area contributed by atoms with Gasteiger partial charge in [0.2, 0.25) is 5.91 Å². The van der Waals surface area contributed by atoms with E-state index < -0.39 is 11.5 Å². The predicted molar refractivity (Wildman–Crippen MR) is 118 cm³/mol. The third kappa shape index (κ3) is 14.1. The number of aliphatic hydroxyl groups excluding tert-OH is 1. The van der Waals surface area contributed by atoms with Gasteiger partial charge in [0.15, 0.2) is 0 Å². The van der Waals surface area contributed by atoms with Gasteiger partial charge < -0.3 is 29.0 Å². The highest BCUT2D eigenvalue weighted by atomic mass is 17.1. The highest BCUT2D eigenvalue weighted by molar-refractivity contribution is 5.77. The summed E-state index contributed by atoms with van der Waals surface area (Å²) in [6, 6.07) is 7.24. The van der Waals surface area contributed by atoms with Gasteiger partial charge in [-0.3, -0.25) is 15.2 Å². The lowest BCUT2D eigenvalue weighted by Gasteiger charge is -2.29. The molecule has 0 saturated heterocycles. The molecule has 0 aromatic heterocycles. The minimum atomic E-state index is -0.888. The van der Waals surface area contributed by atoms with Crippen LogP contribution in [0.5, 0.6) is 5.75 Å². The Morgan fingerprint density at radius 2 is 1.64 bits per heavy atom. The number of benzene rings is 1. The van der Waals surface area contributed by atoms with Crippen LogP contribution in [-0.2, 0) is 30.4 Å². The molecule has 0 aliphatic carbocycles. The molecule has 1 aromatic rings. The summed E-state index contributed by atoms with van der Waals surface area (Å²) in [5.41, 5.74) is 1.00. The third-order valence-corrected chi connectivity index (χ3v) is 4.32. The van der Waals surface area contributed by atoms with Crippen LogP contribution in [0.3, 0.4) is 0 Å². The fourth-order valence-corrected chi connectivity index (χ4v) is 2.71. The smallest absolute Gasteiger partial charge is 0.248 e. The molecule has 0 aliphatic rings. The highest BCUT2D eigenvalue weighted by Gasteiger charge is 2.21. The third-order valence-electron chi connectivity index (χ3n) is 4.32. The second kappa shape index (κ2) is 16.7. The zero-order chi connectivity index (χ0) is 24.6. The average Bonchev–Trinajstić information content (AvgIpc) is 2.75. The average molecular weight is 475 g/mol. The maximum atomic E-state index is 12.4. The second-order valence-electron chi connectivity index (χ2n) is 7.86. The Kier molecular flexibility index (Phi) is 14.8. The number of amides is 1. The van der Waals surface area contributed by atoms with Crippen molar-refractivity contribution in [3.05, 3.63) is 29.8 Å². The van der Waals surface area contributed by atoms with Gasteiger partial charge in [0, 0.05) is 6.04 Å². The number of ether oxygens (including phenoxy) is 4. The van der Waals surface area contributed by atoms with Crippen LogP contribution >= 0.6 is 0 Å². The number of rotatable bonds is 18. The molecular formula is C22H38N2O9. The van der Waals surface area contributed by atoms with Crippen LogP contribution in [0, 0.1) is 0 Å². The summed E-state index contributed by atoms with van der Waals surface area (Å²) in [6.45, 7) is 8.93. The van der Waals surface area contributed by atoms with Crippen molar-refractivity contribution >= 4 is 5.91 Å². The van der Waals surface area contributed by atoms with Crippen molar-refractivity contribution in [1.82, 2.24) is 10.3 Å². The van der Waals surface area contributed by atoms with E-state index in [0.29, 0.717) is 25.6 Å².